The molecular formula is C18H11N3O4S2. The molecule has 134 valence electrons. The topological polar surface area (TPSA) is 86.5 Å². The van der Waals surface area contributed by atoms with Crippen LogP contribution in [0.2, 0.25) is 0 Å². The molecule has 1 amide bonds. The summed E-state index contributed by atoms with van der Waals surface area (Å²) in [5.41, 5.74) is 1.84. The van der Waals surface area contributed by atoms with E-state index in [2.05, 4.69) is 15.5 Å². The fraction of sp³-hybridized carbons (Fsp3) is 0.0556. The minimum atomic E-state index is -0.367. The van der Waals surface area contributed by atoms with Crippen LogP contribution in [0.4, 0.5) is 5.13 Å². The molecule has 0 atom stereocenters. The van der Waals surface area contributed by atoms with Crippen LogP contribution < -0.4 is 14.8 Å². The van der Waals surface area contributed by atoms with Gasteiger partial charge in [0, 0.05) is 17.0 Å². The number of hydrogen-bond donors (Lipinski definition) is 1. The summed E-state index contributed by atoms with van der Waals surface area (Å²) in [4.78, 5) is 17.8. The number of aromatic nitrogens is 2. The maximum Gasteiger partial charge on any atom is 0.279 e. The molecule has 1 N–H and O–H groups in total. The normalized spacial score (nSPS) is 12.3. The average Bonchev–Trinajstić information content (AvgIpc) is 3.47. The Hall–Kier alpha value is -3.17. The molecule has 27 heavy (non-hydrogen) atoms. The van der Waals surface area contributed by atoms with E-state index in [4.69, 9.17) is 14.0 Å². The zero-order chi connectivity index (χ0) is 18.2. The number of thiazole rings is 1. The van der Waals surface area contributed by atoms with Crippen LogP contribution in [0.3, 0.4) is 0 Å². The lowest BCUT2D eigenvalue weighted by Gasteiger charge is -2.00. The molecule has 4 aromatic rings. The summed E-state index contributed by atoms with van der Waals surface area (Å²) in [5, 5.41) is 10.9. The quantitative estimate of drug-likeness (QED) is 0.545. The molecule has 1 aliphatic rings. The number of ether oxygens (including phenoxy) is 2. The van der Waals surface area contributed by atoms with Gasteiger partial charge in [-0.15, -0.1) is 22.7 Å². The van der Waals surface area contributed by atoms with Gasteiger partial charge in [-0.3, -0.25) is 10.1 Å². The predicted molar refractivity (Wildman–Crippen MR) is 101 cm³/mol. The number of nitrogens with zero attached hydrogens (tertiary/aromatic N) is 2. The van der Waals surface area contributed by atoms with E-state index in [0.717, 1.165) is 21.9 Å². The zero-order valence-corrected chi connectivity index (χ0v) is 15.3. The van der Waals surface area contributed by atoms with Gasteiger partial charge < -0.3 is 14.0 Å². The number of anilines is 1. The highest BCUT2D eigenvalue weighted by atomic mass is 32.1. The first kappa shape index (κ1) is 16.0. The van der Waals surface area contributed by atoms with E-state index in [1.54, 1.807) is 6.07 Å². The first-order valence-corrected chi connectivity index (χ1v) is 9.70. The van der Waals surface area contributed by atoms with Crippen molar-refractivity contribution in [1.29, 1.82) is 0 Å². The summed E-state index contributed by atoms with van der Waals surface area (Å²) in [6.07, 6.45) is 0. The summed E-state index contributed by atoms with van der Waals surface area (Å²) < 4.78 is 15.9. The molecule has 0 spiro atoms. The monoisotopic (exact) mass is 397 g/mol. The standard InChI is InChI=1S/C18H11N3O4S2/c22-17(11-7-15(25-21-11)16-2-1-5-26-16)20-18-19-12(8-27-18)10-3-4-13-14(6-10)24-9-23-13/h1-8H,9H2,(H,19,20,22). The maximum absolute atomic E-state index is 12.4. The second-order valence-electron chi connectivity index (χ2n) is 5.61. The Labute approximate surface area is 161 Å². The molecule has 0 radical (unpaired) electrons. The van der Waals surface area contributed by atoms with Crippen molar-refractivity contribution in [3.8, 4) is 33.4 Å². The van der Waals surface area contributed by atoms with Crippen molar-refractivity contribution in [2.75, 3.05) is 12.1 Å². The third kappa shape index (κ3) is 3.07. The molecule has 7 nitrogen and oxygen atoms in total. The number of carbonyl (C=O) groups is 1. The van der Waals surface area contributed by atoms with Gasteiger partial charge >= 0.3 is 0 Å². The number of thiophene rings is 1. The molecule has 1 aromatic carbocycles. The summed E-state index contributed by atoms with van der Waals surface area (Å²) >= 11 is 2.85. The number of amides is 1. The van der Waals surface area contributed by atoms with Crippen LogP contribution in [0.5, 0.6) is 11.5 Å². The fourth-order valence-corrected chi connectivity index (χ4v) is 3.99. The van der Waals surface area contributed by atoms with E-state index in [1.807, 2.05) is 41.1 Å². The van der Waals surface area contributed by atoms with E-state index in [1.165, 1.54) is 22.7 Å². The van der Waals surface area contributed by atoms with Crippen LogP contribution in [0.15, 0.2) is 51.7 Å². The summed E-state index contributed by atoms with van der Waals surface area (Å²) in [7, 11) is 0. The molecular weight excluding hydrogens is 386 g/mol. The van der Waals surface area contributed by atoms with Crippen molar-refractivity contribution in [2.24, 2.45) is 0 Å². The largest absolute Gasteiger partial charge is 0.454 e. The van der Waals surface area contributed by atoms with Gasteiger partial charge in [-0.05, 0) is 29.6 Å². The van der Waals surface area contributed by atoms with Crippen molar-refractivity contribution in [2.45, 2.75) is 0 Å². The summed E-state index contributed by atoms with van der Waals surface area (Å²) in [6.45, 7) is 0.225. The molecule has 1 aliphatic heterocycles. The molecule has 0 bridgehead atoms. The summed E-state index contributed by atoms with van der Waals surface area (Å²) in [5.74, 6) is 1.60. The second kappa shape index (κ2) is 6.53. The maximum atomic E-state index is 12.4. The number of fused-ring (bicyclic) bond motifs is 1. The summed E-state index contributed by atoms with van der Waals surface area (Å²) in [6, 6.07) is 11.1. The van der Waals surface area contributed by atoms with Crippen LogP contribution >= 0.6 is 22.7 Å². The first-order chi connectivity index (χ1) is 13.3. The lowest BCUT2D eigenvalue weighted by molar-refractivity contribution is 0.101. The molecule has 4 heterocycles. The average molecular weight is 397 g/mol. The number of rotatable bonds is 4. The molecule has 0 aliphatic carbocycles. The van der Waals surface area contributed by atoms with Crippen LogP contribution in [-0.2, 0) is 0 Å². The van der Waals surface area contributed by atoms with Crippen LogP contribution in [-0.4, -0.2) is 22.8 Å². The number of nitrogens with one attached hydrogen (secondary N) is 1. The lowest BCUT2D eigenvalue weighted by Crippen LogP contribution is -2.11. The Kier molecular flexibility index (Phi) is 3.88. The minimum Gasteiger partial charge on any atom is -0.454 e. The molecule has 0 saturated heterocycles. The van der Waals surface area contributed by atoms with Crippen LogP contribution in [0, 0.1) is 0 Å². The number of benzene rings is 1. The van der Waals surface area contributed by atoms with Crippen molar-refractivity contribution in [3.63, 3.8) is 0 Å². The van der Waals surface area contributed by atoms with Crippen molar-refractivity contribution >= 4 is 33.7 Å². The van der Waals surface area contributed by atoms with Gasteiger partial charge in [0.25, 0.3) is 5.91 Å². The molecule has 9 heteroatoms. The Morgan fingerprint density at radius 2 is 2.04 bits per heavy atom. The Morgan fingerprint density at radius 3 is 2.93 bits per heavy atom. The minimum absolute atomic E-state index is 0.207. The van der Waals surface area contributed by atoms with Crippen molar-refractivity contribution < 1.29 is 18.8 Å². The molecule has 0 unspecified atom stereocenters. The van der Waals surface area contributed by atoms with Crippen molar-refractivity contribution in [1.82, 2.24) is 10.1 Å². The van der Waals surface area contributed by atoms with Gasteiger partial charge in [0.15, 0.2) is 28.1 Å². The Bertz CT molecular complexity index is 1120. The third-order valence-corrected chi connectivity index (χ3v) is 5.54. The SMILES string of the molecule is O=C(Nc1nc(-c2ccc3c(c2)OCO3)cs1)c1cc(-c2cccs2)on1. The van der Waals surface area contributed by atoms with E-state index in [0.29, 0.717) is 16.6 Å². The van der Waals surface area contributed by atoms with Gasteiger partial charge in [-0.25, -0.2) is 4.98 Å². The zero-order valence-electron chi connectivity index (χ0n) is 13.7. The Morgan fingerprint density at radius 1 is 1.11 bits per heavy atom. The van der Waals surface area contributed by atoms with E-state index in [9.17, 15) is 4.79 Å². The smallest absolute Gasteiger partial charge is 0.279 e. The third-order valence-electron chi connectivity index (χ3n) is 3.90. The molecule has 5 rings (SSSR count). The highest BCUT2D eigenvalue weighted by molar-refractivity contribution is 7.14. The molecule has 0 fully saturated rings. The first-order valence-electron chi connectivity index (χ1n) is 7.94. The van der Waals surface area contributed by atoms with Gasteiger partial charge in [-0.1, -0.05) is 11.2 Å². The molecule has 3 aromatic heterocycles. The highest BCUT2D eigenvalue weighted by Crippen LogP contribution is 2.36. The predicted octanol–water partition coefficient (Wildman–Crippen LogP) is 4.51. The van der Waals surface area contributed by atoms with Crippen LogP contribution in [0.1, 0.15) is 10.5 Å². The van der Waals surface area contributed by atoms with Gasteiger partial charge in [-0.2, -0.15) is 0 Å². The van der Waals surface area contributed by atoms with Crippen LogP contribution in [0.25, 0.3) is 21.9 Å². The lowest BCUT2D eigenvalue weighted by atomic mass is 10.1. The number of hydrogen-bond acceptors (Lipinski definition) is 8. The van der Waals surface area contributed by atoms with Gasteiger partial charge in [0.1, 0.15) is 0 Å². The highest BCUT2D eigenvalue weighted by Gasteiger charge is 2.18. The van der Waals surface area contributed by atoms with Gasteiger partial charge in [0.2, 0.25) is 6.79 Å². The molecule has 0 saturated carbocycles. The van der Waals surface area contributed by atoms with E-state index >= 15 is 0 Å². The Balaban J connectivity index is 1.32. The van der Waals surface area contributed by atoms with E-state index in [-0.39, 0.29) is 18.4 Å². The van der Waals surface area contributed by atoms with E-state index < -0.39 is 0 Å². The van der Waals surface area contributed by atoms with Gasteiger partial charge in [0.05, 0.1) is 10.6 Å². The fourth-order valence-electron chi connectivity index (χ4n) is 2.60. The second-order valence-corrected chi connectivity index (χ2v) is 7.42. The van der Waals surface area contributed by atoms with Crippen molar-refractivity contribution in [3.05, 3.63) is 52.9 Å². The number of carbonyl (C=O) groups excluding carboxylic acids is 1.